The highest BCUT2D eigenvalue weighted by Crippen LogP contribution is 2.22. The van der Waals surface area contributed by atoms with Crippen LogP contribution in [0.2, 0.25) is 0 Å². The van der Waals surface area contributed by atoms with E-state index in [1.165, 1.54) is 12.0 Å². The third-order valence-electron chi connectivity index (χ3n) is 3.97. The van der Waals surface area contributed by atoms with Crippen LogP contribution in [0.3, 0.4) is 0 Å². The van der Waals surface area contributed by atoms with Gasteiger partial charge in [-0.15, -0.1) is 23.7 Å². The standard InChI is InChI=1S/C18H20BrN3O2S.ClH/c1-21(11-16-10-14(19)12-25-16)7-8-22-6-5-13-9-15(3-4-17(13)22)20-18(23)24-2;/h3-6,9-10,12H,7-8,11H2,1-2H3,(H,20,23);1H. The summed E-state index contributed by atoms with van der Waals surface area (Å²) in [7, 11) is 3.49. The van der Waals surface area contributed by atoms with Crippen molar-refractivity contribution in [1.82, 2.24) is 9.47 Å². The molecule has 0 spiro atoms. The van der Waals surface area contributed by atoms with Gasteiger partial charge in [0.25, 0.3) is 0 Å². The number of nitrogens with one attached hydrogen (secondary N) is 1. The van der Waals surface area contributed by atoms with Gasteiger partial charge in [-0.3, -0.25) is 10.2 Å². The molecule has 2 heterocycles. The Hall–Kier alpha value is -1.54. The SMILES string of the molecule is COC(=O)Nc1ccc2c(ccn2CCN(C)Cc2cc(Br)cs2)c1.Cl. The van der Waals surface area contributed by atoms with Crippen molar-refractivity contribution in [3.63, 3.8) is 0 Å². The number of nitrogens with zero attached hydrogens (tertiary/aromatic N) is 2. The van der Waals surface area contributed by atoms with Crippen molar-refractivity contribution < 1.29 is 9.53 Å². The van der Waals surface area contributed by atoms with Crippen molar-refractivity contribution in [3.8, 4) is 0 Å². The van der Waals surface area contributed by atoms with E-state index in [0.717, 1.165) is 40.7 Å². The van der Waals surface area contributed by atoms with Crippen molar-refractivity contribution in [1.29, 1.82) is 0 Å². The minimum atomic E-state index is -0.458. The molecule has 3 aromatic rings. The lowest BCUT2D eigenvalue weighted by atomic mass is 10.2. The lowest BCUT2D eigenvalue weighted by Crippen LogP contribution is -2.22. The van der Waals surface area contributed by atoms with Crippen LogP contribution in [-0.4, -0.2) is 36.3 Å². The number of carbonyl (C=O) groups is 1. The Kier molecular flexibility index (Phi) is 7.52. The summed E-state index contributed by atoms with van der Waals surface area (Å²) < 4.78 is 8.00. The largest absolute Gasteiger partial charge is 0.453 e. The number of amides is 1. The molecule has 0 unspecified atom stereocenters. The van der Waals surface area contributed by atoms with E-state index < -0.39 is 6.09 Å². The Morgan fingerprint density at radius 2 is 2.15 bits per heavy atom. The number of rotatable bonds is 6. The van der Waals surface area contributed by atoms with E-state index in [1.54, 1.807) is 11.3 Å². The molecular formula is C18H21BrClN3O2S. The van der Waals surface area contributed by atoms with Gasteiger partial charge in [-0.1, -0.05) is 0 Å². The summed E-state index contributed by atoms with van der Waals surface area (Å²) in [5.74, 6) is 0. The molecule has 1 aromatic carbocycles. The van der Waals surface area contributed by atoms with Crippen molar-refractivity contribution in [2.75, 3.05) is 26.0 Å². The summed E-state index contributed by atoms with van der Waals surface area (Å²) in [5.41, 5.74) is 1.89. The predicted molar refractivity (Wildman–Crippen MR) is 114 cm³/mol. The molecule has 1 amide bonds. The van der Waals surface area contributed by atoms with E-state index in [-0.39, 0.29) is 12.4 Å². The van der Waals surface area contributed by atoms with Gasteiger partial charge in [0.05, 0.1) is 7.11 Å². The molecule has 0 aliphatic carbocycles. The van der Waals surface area contributed by atoms with E-state index in [4.69, 9.17) is 0 Å². The molecule has 2 aromatic heterocycles. The monoisotopic (exact) mass is 457 g/mol. The van der Waals surface area contributed by atoms with Crippen molar-refractivity contribution >= 4 is 62.4 Å². The zero-order valence-corrected chi connectivity index (χ0v) is 17.8. The van der Waals surface area contributed by atoms with Crippen LogP contribution in [0.15, 0.2) is 46.4 Å². The number of fused-ring (bicyclic) bond motifs is 1. The van der Waals surface area contributed by atoms with Crippen molar-refractivity contribution in [2.45, 2.75) is 13.1 Å². The summed E-state index contributed by atoms with van der Waals surface area (Å²) in [4.78, 5) is 15.0. The number of halogens is 2. The Balaban J connectivity index is 0.00000243. The number of anilines is 1. The third kappa shape index (κ3) is 5.23. The summed E-state index contributed by atoms with van der Waals surface area (Å²) in [6.45, 7) is 2.82. The highest BCUT2D eigenvalue weighted by Gasteiger charge is 2.07. The number of likely N-dealkylation sites (N-methyl/N-ethyl adjacent to an activating group) is 1. The number of hydrogen-bond donors (Lipinski definition) is 1. The fraction of sp³-hybridized carbons (Fsp3) is 0.278. The van der Waals surface area contributed by atoms with Crippen LogP contribution in [0.1, 0.15) is 4.88 Å². The Morgan fingerprint density at radius 3 is 2.85 bits per heavy atom. The molecule has 8 heteroatoms. The fourth-order valence-corrected chi connectivity index (χ4v) is 4.23. The third-order valence-corrected chi connectivity index (χ3v) is 5.66. The molecule has 0 aliphatic heterocycles. The Morgan fingerprint density at radius 1 is 1.35 bits per heavy atom. The quantitative estimate of drug-likeness (QED) is 0.552. The molecular weight excluding hydrogens is 438 g/mol. The van der Waals surface area contributed by atoms with Crippen LogP contribution in [-0.2, 0) is 17.8 Å². The number of thiophene rings is 1. The van der Waals surface area contributed by atoms with Crippen molar-refractivity contribution in [2.24, 2.45) is 0 Å². The molecule has 5 nitrogen and oxygen atoms in total. The van der Waals surface area contributed by atoms with Crippen LogP contribution in [0.4, 0.5) is 10.5 Å². The molecule has 0 saturated carbocycles. The molecule has 0 atom stereocenters. The zero-order chi connectivity index (χ0) is 17.8. The van der Waals surface area contributed by atoms with Gasteiger partial charge in [0.1, 0.15) is 0 Å². The van der Waals surface area contributed by atoms with Crippen LogP contribution in [0.5, 0.6) is 0 Å². The summed E-state index contributed by atoms with van der Waals surface area (Å²) in [6, 6.07) is 10.1. The number of aromatic nitrogens is 1. The minimum absolute atomic E-state index is 0. The topological polar surface area (TPSA) is 46.5 Å². The number of ether oxygens (including phenoxy) is 1. The average molecular weight is 459 g/mol. The molecule has 1 N–H and O–H groups in total. The second-order valence-electron chi connectivity index (χ2n) is 5.87. The average Bonchev–Trinajstić information content (AvgIpc) is 3.18. The van der Waals surface area contributed by atoms with Gasteiger partial charge in [0.15, 0.2) is 0 Å². The van der Waals surface area contributed by atoms with Crippen LogP contribution < -0.4 is 5.32 Å². The molecule has 0 aliphatic rings. The summed E-state index contributed by atoms with van der Waals surface area (Å²) in [5, 5.41) is 5.90. The molecule has 0 radical (unpaired) electrons. The highest BCUT2D eigenvalue weighted by molar-refractivity contribution is 9.10. The molecule has 0 bridgehead atoms. The maximum Gasteiger partial charge on any atom is 0.411 e. The second kappa shape index (κ2) is 9.41. The second-order valence-corrected chi connectivity index (χ2v) is 7.78. The van der Waals surface area contributed by atoms with E-state index in [1.807, 2.05) is 18.2 Å². The van der Waals surface area contributed by atoms with E-state index in [0.29, 0.717) is 0 Å². The molecule has 26 heavy (non-hydrogen) atoms. The maximum atomic E-state index is 11.3. The van der Waals surface area contributed by atoms with Crippen LogP contribution in [0.25, 0.3) is 10.9 Å². The number of methoxy groups -OCH3 is 1. The molecule has 3 rings (SSSR count). The first-order valence-corrected chi connectivity index (χ1v) is 9.58. The smallest absolute Gasteiger partial charge is 0.411 e. The predicted octanol–water partition coefficient (Wildman–Crippen LogP) is 5.20. The fourth-order valence-electron chi connectivity index (χ4n) is 2.70. The van der Waals surface area contributed by atoms with E-state index in [2.05, 4.69) is 66.2 Å². The first-order valence-electron chi connectivity index (χ1n) is 7.90. The number of hydrogen-bond acceptors (Lipinski definition) is 4. The van der Waals surface area contributed by atoms with Crippen LogP contribution in [0, 0.1) is 0 Å². The summed E-state index contributed by atoms with van der Waals surface area (Å²) in [6.07, 6.45) is 1.63. The van der Waals surface area contributed by atoms with E-state index in [9.17, 15) is 4.79 Å². The first kappa shape index (κ1) is 20.8. The maximum absolute atomic E-state index is 11.3. The summed E-state index contributed by atoms with van der Waals surface area (Å²) >= 11 is 5.27. The molecule has 0 fully saturated rings. The Labute approximate surface area is 171 Å². The van der Waals surface area contributed by atoms with Gasteiger partial charge < -0.3 is 9.30 Å². The lowest BCUT2D eigenvalue weighted by Gasteiger charge is -2.16. The molecule has 0 saturated heterocycles. The highest BCUT2D eigenvalue weighted by atomic mass is 79.9. The lowest BCUT2D eigenvalue weighted by molar-refractivity contribution is 0.187. The first-order chi connectivity index (χ1) is 12.0. The van der Waals surface area contributed by atoms with Gasteiger partial charge in [0.2, 0.25) is 0 Å². The van der Waals surface area contributed by atoms with Gasteiger partial charge in [-0.05, 0) is 53.3 Å². The van der Waals surface area contributed by atoms with Gasteiger partial charge in [0, 0.05) is 57.2 Å². The van der Waals surface area contributed by atoms with Gasteiger partial charge in [-0.25, -0.2) is 4.79 Å². The van der Waals surface area contributed by atoms with Gasteiger partial charge >= 0.3 is 6.09 Å². The van der Waals surface area contributed by atoms with Gasteiger partial charge in [-0.2, -0.15) is 0 Å². The number of benzene rings is 1. The minimum Gasteiger partial charge on any atom is -0.453 e. The number of carbonyl (C=O) groups excluding carboxylic acids is 1. The van der Waals surface area contributed by atoms with E-state index >= 15 is 0 Å². The normalized spacial score (nSPS) is 10.8. The zero-order valence-electron chi connectivity index (χ0n) is 14.6. The molecule has 140 valence electrons. The Bertz CT molecular complexity index is 880. The van der Waals surface area contributed by atoms with Crippen LogP contribution >= 0.6 is 39.7 Å². The van der Waals surface area contributed by atoms with Crippen molar-refractivity contribution in [3.05, 3.63) is 51.3 Å².